The molecule has 0 saturated heterocycles. The summed E-state index contributed by atoms with van der Waals surface area (Å²) in [6.07, 6.45) is 0. The fraction of sp³-hybridized carbons (Fsp3) is 0.250. The molecule has 0 aliphatic carbocycles. The monoisotopic (exact) mass is 522 g/mol. The van der Waals surface area contributed by atoms with E-state index in [4.69, 9.17) is 0 Å². The molecule has 2 heteroatoms. The van der Waals surface area contributed by atoms with Gasteiger partial charge in [0.15, 0.2) is 0 Å². The molecule has 0 amide bonds. The molecule has 0 bridgehead atoms. The average Bonchev–Trinajstić information content (AvgIpc) is 3.21. The minimum absolute atomic E-state index is 1.11. The first-order valence-corrected chi connectivity index (χ1v) is 14.8. The van der Waals surface area contributed by atoms with Crippen molar-refractivity contribution in [2.75, 3.05) is 0 Å². The van der Waals surface area contributed by atoms with E-state index in [-0.39, 0.29) is 0 Å². The van der Waals surface area contributed by atoms with Gasteiger partial charge < -0.3 is 0 Å². The van der Waals surface area contributed by atoms with Crippen molar-refractivity contribution < 1.29 is 23.0 Å². The van der Waals surface area contributed by atoms with Crippen molar-refractivity contribution in [3.63, 3.8) is 0 Å². The van der Waals surface area contributed by atoms with E-state index in [0.29, 0.717) is 0 Å². The van der Waals surface area contributed by atoms with Crippen LogP contribution in [0.3, 0.4) is 0 Å². The van der Waals surface area contributed by atoms with Crippen LogP contribution in [0.25, 0.3) is 21.5 Å². The Hall–Kier alpha value is -1.25. The molecule has 0 unspecified atom stereocenters. The number of aryl methyl sites for hydroxylation is 6. The van der Waals surface area contributed by atoms with E-state index in [0.717, 1.165) is 23.0 Å². The van der Waals surface area contributed by atoms with Gasteiger partial charge in [-0.05, 0) is 13.8 Å². The molecule has 130 valence electrons. The Kier molecular flexibility index (Phi) is 7.37. The SMILES string of the molecule is Cc1cc2c(C)ccc(C)c2[cH-]1.Cc1cc2c(C)ccc(C)c2[cH-]1.[Si]=[Hf+2]. The van der Waals surface area contributed by atoms with Gasteiger partial charge in [0.05, 0.1) is 0 Å². The van der Waals surface area contributed by atoms with Crippen LogP contribution in [0.4, 0.5) is 0 Å². The molecular weight excluding hydrogens is 495 g/mol. The van der Waals surface area contributed by atoms with E-state index < -0.39 is 0 Å². The van der Waals surface area contributed by atoms with Crippen molar-refractivity contribution in [3.05, 3.63) is 81.9 Å². The predicted octanol–water partition coefficient (Wildman–Crippen LogP) is 6.58. The van der Waals surface area contributed by atoms with E-state index in [1.54, 1.807) is 0 Å². The molecule has 0 aromatic heterocycles. The first-order chi connectivity index (χ1) is 12.4. The predicted molar refractivity (Wildman–Crippen MR) is 113 cm³/mol. The molecule has 0 aliphatic rings. The maximum atomic E-state index is 3.11. The van der Waals surface area contributed by atoms with Gasteiger partial charge in [0.1, 0.15) is 0 Å². The van der Waals surface area contributed by atoms with Crippen LogP contribution in [0.5, 0.6) is 0 Å². The quantitative estimate of drug-likeness (QED) is 0.181. The van der Waals surface area contributed by atoms with Crippen LogP contribution < -0.4 is 0 Å². The van der Waals surface area contributed by atoms with Crippen molar-refractivity contribution in [2.24, 2.45) is 0 Å². The molecule has 0 fully saturated rings. The maximum absolute atomic E-state index is 3.11. The van der Waals surface area contributed by atoms with Crippen molar-refractivity contribution >= 4 is 28.5 Å². The third-order valence-electron chi connectivity index (χ3n) is 4.93. The van der Waals surface area contributed by atoms with Crippen molar-refractivity contribution in [2.45, 2.75) is 41.5 Å². The Bertz CT molecular complexity index is 871. The third-order valence-corrected chi connectivity index (χ3v) is 4.93. The molecule has 0 heterocycles. The van der Waals surface area contributed by atoms with Gasteiger partial charge in [-0.2, -0.15) is 12.1 Å². The number of fused-ring (bicyclic) bond motifs is 2. The van der Waals surface area contributed by atoms with Crippen LogP contribution in [-0.2, 0) is 23.0 Å². The number of hydrogen-bond donors (Lipinski definition) is 0. The van der Waals surface area contributed by atoms with Crippen molar-refractivity contribution in [1.29, 1.82) is 0 Å². The number of rotatable bonds is 0. The third kappa shape index (κ3) is 4.53. The van der Waals surface area contributed by atoms with Gasteiger partial charge in [-0.25, -0.2) is 0 Å². The van der Waals surface area contributed by atoms with Gasteiger partial charge in [-0.3, -0.25) is 0 Å². The van der Waals surface area contributed by atoms with E-state index >= 15 is 0 Å². The Balaban J connectivity index is 0.000000171. The normalized spacial score (nSPS) is 10.3. The molecule has 0 aliphatic heterocycles. The van der Waals surface area contributed by atoms with Crippen molar-refractivity contribution in [1.82, 2.24) is 0 Å². The number of benzene rings is 2. The fourth-order valence-corrected chi connectivity index (χ4v) is 3.47. The summed E-state index contributed by atoms with van der Waals surface area (Å²) in [5, 5.41) is 5.64. The Morgan fingerprint density at radius 3 is 1.19 bits per heavy atom. The summed E-state index contributed by atoms with van der Waals surface area (Å²) in [7, 11) is 0. The van der Waals surface area contributed by atoms with Gasteiger partial charge in [0.25, 0.3) is 0 Å². The molecule has 0 N–H and O–H groups in total. The van der Waals surface area contributed by atoms with Crippen LogP contribution in [0.1, 0.15) is 33.4 Å². The molecule has 4 aromatic carbocycles. The molecule has 0 spiro atoms. The second kappa shape index (κ2) is 9.10. The van der Waals surface area contributed by atoms with Crippen LogP contribution in [0.15, 0.2) is 48.5 Å². The summed E-state index contributed by atoms with van der Waals surface area (Å²) >= 11 is 1.11. The van der Waals surface area contributed by atoms with Gasteiger partial charge >= 0.3 is 29.9 Å². The van der Waals surface area contributed by atoms with Gasteiger partial charge in [-0.15, -0.1) is 68.1 Å². The zero-order valence-corrected chi connectivity index (χ0v) is 21.2. The summed E-state index contributed by atoms with van der Waals surface area (Å²) in [5.74, 6) is 0. The topological polar surface area (TPSA) is 0 Å². The van der Waals surface area contributed by atoms with Crippen LogP contribution >= 0.6 is 0 Å². The Morgan fingerprint density at radius 2 is 0.885 bits per heavy atom. The summed E-state index contributed by atoms with van der Waals surface area (Å²) in [4.78, 5) is 0. The van der Waals surface area contributed by atoms with Gasteiger partial charge in [-0.1, -0.05) is 51.0 Å². The number of hydrogen-bond acceptors (Lipinski definition) is 0. The molecule has 4 aromatic rings. The van der Waals surface area contributed by atoms with Crippen LogP contribution in [-0.4, -0.2) is 6.94 Å². The minimum atomic E-state index is 1.11. The summed E-state index contributed by atoms with van der Waals surface area (Å²) < 4.78 is 0. The molecule has 4 rings (SSSR count). The molecular formula is C24H26HfSi. The second-order valence-electron chi connectivity index (χ2n) is 7.12. The molecule has 26 heavy (non-hydrogen) atoms. The van der Waals surface area contributed by atoms with Crippen LogP contribution in [0.2, 0.25) is 0 Å². The first kappa shape index (κ1) is 21.1. The Labute approximate surface area is 174 Å². The molecule has 2 radical (unpaired) electrons. The Morgan fingerprint density at radius 1 is 0.577 bits per heavy atom. The standard InChI is InChI=1S/2C12H13.Hf.Si/c2*1-8-6-11-9(2)4-5-10(3)12(11)7-8;;/h2*4-7H,1-3H3;;/q2*-1;+2;. The van der Waals surface area contributed by atoms with E-state index in [1.165, 1.54) is 54.9 Å². The summed E-state index contributed by atoms with van der Waals surface area (Å²) in [5.41, 5.74) is 8.24. The molecule has 0 atom stereocenters. The molecule has 0 saturated carbocycles. The fourth-order valence-electron chi connectivity index (χ4n) is 3.47. The zero-order valence-electron chi connectivity index (χ0n) is 16.6. The van der Waals surface area contributed by atoms with Gasteiger partial charge in [0, 0.05) is 0 Å². The van der Waals surface area contributed by atoms with Gasteiger partial charge in [0.2, 0.25) is 0 Å². The van der Waals surface area contributed by atoms with E-state index in [2.05, 4.69) is 97.0 Å². The van der Waals surface area contributed by atoms with Crippen molar-refractivity contribution in [3.8, 4) is 0 Å². The first-order valence-electron chi connectivity index (χ1n) is 8.88. The average molecular weight is 521 g/mol. The van der Waals surface area contributed by atoms with E-state index in [9.17, 15) is 0 Å². The van der Waals surface area contributed by atoms with Crippen LogP contribution in [0, 0.1) is 41.5 Å². The summed E-state index contributed by atoms with van der Waals surface area (Å²) in [6.45, 7) is 16.1. The molecule has 0 nitrogen and oxygen atoms in total. The zero-order chi connectivity index (χ0) is 19.4. The second-order valence-corrected chi connectivity index (χ2v) is 7.12. The summed E-state index contributed by atoms with van der Waals surface area (Å²) in [6, 6.07) is 17.8. The van der Waals surface area contributed by atoms with E-state index in [1.807, 2.05) is 0 Å².